The molecule has 21 heavy (non-hydrogen) atoms. The Morgan fingerprint density at radius 2 is 2.05 bits per heavy atom. The molecule has 1 amide bonds. The quantitative estimate of drug-likeness (QED) is 0.803. The van der Waals surface area contributed by atoms with E-state index in [0.717, 1.165) is 19.1 Å². The molecule has 0 radical (unpaired) electrons. The molecule has 0 spiro atoms. The summed E-state index contributed by atoms with van der Waals surface area (Å²) in [6.07, 6.45) is 2.24. The zero-order valence-corrected chi connectivity index (χ0v) is 13.1. The van der Waals surface area contributed by atoms with Gasteiger partial charge in [-0.3, -0.25) is 0 Å². The van der Waals surface area contributed by atoms with Crippen molar-refractivity contribution >= 4 is 12.4 Å². The molecular formula is C17H23NO3. The summed E-state index contributed by atoms with van der Waals surface area (Å²) in [6.45, 7) is 5.46. The lowest BCUT2D eigenvalue weighted by Crippen LogP contribution is -2.44. The average molecular weight is 289 g/mol. The van der Waals surface area contributed by atoms with Crippen LogP contribution in [0.2, 0.25) is 0 Å². The first-order chi connectivity index (χ1) is 9.83. The molecule has 4 heteroatoms. The zero-order valence-electron chi connectivity index (χ0n) is 13.1. The van der Waals surface area contributed by atoms with Gasteiger partial charge in [-0.05, 0) is 44.7 Å². The fourth-order valence-electron chi connectivity index (χ4n) is 2.86. The van der Waals surface area contributed by atoms with Crippen LogP contribution in [0, 0.1) is 0 Å². The Morgan fingerprint density at radius 1 is 1.38 bits per heavy atom. The summed E-state index contributed by atoms with van der Waals surface area (Å²) in [5, 5.41) is 0. The van der Waals surface area contributed by atoms with Gasteiger partial charge >= 0.3 is 6.09 Å². The van der Waals surface area contributed by atoms with Crippen LogP contribution in [0.5, 0.6) is 0 Å². The molecule has 0 aromatic heterocycles. The van der Waals surface area contributed by atoms with E-state index in [-0.39, 0.29) is 5.92 Å². The lowest BCUT2D eigenvalue weighted by molar-refractivity contribution is -0.112. The Hall–Kier alpha value is -1.84. The molecule has 0 saturated carbocycles. The number of hydrogen-bond acceptors (Lipinski definition) is 3. The highest BCUT2D eigenvalue weighted by Crippen LogP contribution is 2.36. The van der Waals surface area contributed by atoms with Gasteiger partial charge in [-0.15, -0.1) is 0 Å². The van der Waals surface area contributed by atoms with Crippen LogP contribution in [0.3, 0.4) is 0 Å². The smallest absolute Gasteiger partial charge is 0.410 e. The van der Waals surface area contributed by atoms with Crippen molar-refractivity contribution in [2.75, 3.05) is 7.05 Å². The molecule has 0 aliphatic heterocycles. The number of hydrogen-bond donors (Lipinski definition) is 0. The Balaban J connectivity index is 2.17. The van der Waals surface area contributed by atoms with E-state index in [4.69, 9.17) is 4.74 Å². The summed E-state index contributed by atoms with van der Waals surface area (Å²) >= 11 is 0. The zero-order chi connectivity index (χ0) is 15.6. The van der Waals surface area contributed by atoms with Crippen LogP contribution in [0.1, 0.15) is 44.2 Å². The Kier molecular flexibility index (Phi) is 4.35. The van der Waals surface area contributed by atoms with Crippen LogP contribution in [0.4, 0.5) is 4.79 Å². The number of aryl methyl sites for hydroxylation is 1. The fraction of sp³-hybridized carbons (Fsp3) is 0.529. The summed E-state index contributed by atoms with van der Waals surface area (Å²) in [5.41, 5.74) is 1.88. The number of rotatable bonds is 3. The van der Waals surface area contributed by atoms with Crippen molar-refractivity contribution < 1.29 is 14.3 Å². The van der Waals surface area contributed by atoms with Crippen molar-refractivity contribution in [3.63, 3.8) is 0 Å². The summed E-state index contributed by atoms with van der Waals surface area (Å²) in [5.74, 6) is 0.0521. The van der Waals surface area contributed by atoms with Gasteiger partial charge in [-0.25, -0.2) is 4.79 Å². The van der Waals surface area contributed by atoms with Gasteiger partial charge in [-0.2, -0.15) is 0 Å². The first-order valence-corrected chi connectivity index (χ1v) is 7.32. The lowest BCUT2D eigenvalue weighted by atomic mass is 9.93. The average Bonchev–Trinajstić information content (AvgIpc) is 2.82. The summed E-state index contributed by atoms with van der Waals surface area (Å²) in [7, 11) is 1.63. The summed E-state index contributed by atoms with van der Waals surface area (Å²) in [6, 6.07) is 7.64. The van der Waals surface area contributed by atoms with E-state index in [1.165, 1.54) is 16.0 Å². The third-order valence-electron chi connectivity index (χ3n) is 3.86. The van der Waals surface area contributed by atoms with Crippen molar-refractivity contribution in [3.8, 4) is 0 Å². The summed E-state index contributed by atoms with van der Waals surface area (Å²) in [4.78, 5) is 25.2. The van der Waals surface area contributed by atoms with Crippen LogP contribution >= 0.6 is 0 Å². The Morgan fingerprint density at radius 3 is 2.67 bits per heavy atom. The molecule has 1 aliphatic rings. The van der Waals surface area contributed by atoms with E-state index >= 15 is 0 Å². The molecule has 0 heterocycles. The van der Waals surface area contributed by atoms with Crippen LogP contribution in [-0.4, -0.2) is 36.0 Å². The van der Waals surface area contributed by atoms with Gasteiger partial charge in [0, 0.05) is 13.0 Å². The predicted octanol–water partition coefficient (Wildman–Crippen LogP) is 3.15. The van der Waals surface area contributed by atoms with E-state index in [1.807, 2.05) is 39.0 Å². The van der Waals surface area contributed by atoms with Gasteiger partial charge in [0.25, 0.3) is 0 Å². The van der Waals surface area contributed by atoms with Gasteiger partial charge in [0.2, 0.25) is 0 Å². The second kappa shape index (κ2) is 5.88. The first-order valence-electron chi connectivity index (χ1n) is 7.32. The van der Waals surface area contributed by atoms with Crippen molar-refractivity contribution in [1.82, 2.24) is 4.90 Å². The molecule has 1 aliphatic carbocycles. The second-order valence-electron chi connectivity index (χ2n) is 6.56. The third kappa shape index (κ3) is 3.43. The third-order valence-corrected chi connectivity index (χ3v) is 3.86. The van der Waals surface area contributed by atoms with Crippen molar-refractivity contribution in [2.24, 2.45) is 0 Å². The number of benzene rings is 1. The van der Waals surface area contributed by atoms with E-state index in [9.17, 15) is 9.59 Å². The molecule has 1 aromatic rings. The van der Waals surface area contributed by atoms with E-state index in [2.05, 4.69) is 6.07 Å². The van der Waals surface area contributed by atoms with Crippen molar-refractivity contribution in [3.05, 3.63) is 35.4 Å². The standard InChI is InChI=1S/C17H23NO3/c1-17(2,3)21-16(20)18(4)15(11-19)14-10-9-12-7-5-6-8-13(12)14/h5-8,11,14-15H,9-10H2,1-4H3. The second-order valence-corrected chi connectivity index (χ2v) is 6.56. The maximum atomic E-state index is 12.2. The molecule has 4 nitrogen and oxygen atoms in total. The van der Waals surface area contributed by atoms with E-state index in [1.54, 1.807) is 7.05 Å². The van der Waals surface area contributed by atoms with Gasteiger partial charge in [0.1, 0.15) is 11.9 Å². The normalized spacial score (nSPS) is 18.8. The number of likely N-dealkylation sites (N-methyl/N-ethyl adjacent to an activating group) is 1. The van der Waals surface area contributed by atoms with Gasteiger partial charge in [-0.1, -0.05) is 24.3 Å². The highest BCUT2D eigenvalue weighted by Gasteiger charge is 2.35. The predicted molar refractivity (Wildman–Crippen MR) is 81.4 cm³/mol. The highest BCUT2D eigenvalue weighted by atomic mass is 16.6. The SMILES string of the molecule is CN(C(=O)OC(C)(C)C)C(C=O)C1CCc2ccccc21. The van der Waals surface area contributed by atoms with E-state index < -0.39 is 17.7 Å². The molecule has 1 aromatic carbocycles. The lowest BCUT2D eigenvalue weighted by Gasteiger charge is -2.31. The molecular weight excluding hydrogens is 266 g/mol. The van der Waals surface area contributed by atoms with E-state index in [0.29, 0.717) is 0 Å². The molecule has 2 unspecified atom stereocenters. The molecule has 114 valence electrons. The number of fused-ring (bicyclic) bond motifs is 1. The largest absolute Gasteiger partial charge is 0.444 e. The number of carbonyl (C=O) groups is 2. The van der Waals surface area contributed by atoms with Gasteiger partial charge in [0.05, 0.1) is 6.04 Å². The molecule has 0 N–H and O–H groups in total. The highest BCUT2D eigenvalue weighted by molar-refractivity contribution is 5.74. The minimum atomic E-state index is -0.563. The number of ether oxygens (including phenoxy) is 1. The van der Waals surface area contributed by atoms with Crippen LogP contribution in [-0.2, 0) is 16.0 Å². The Bertz CT molecular complexity index is 533. The number of nitrogens with zero attached hydrogens (tertiary/aromatic N) is 1. The fourth-order valence-corrected chi connectivity index (χ4v) is 2.86. The molecule has 2 rings (SSSR count). The number of amides is 1. The summed E-state index contributed by atoms with van der Waals surface area (Å²) < 4.78 is 5.36. The molecule has 0 saturated heterocycles. The Labute approximate surface area is 126 Å². The van der Waals surface area contributed by atoms with Gasteiger partial charge in [0.15, 0.2) is 0 Å². The van der Waals surface area contributed by atoms with Crippen LogP contribution in [0.25, 0.3) is 0 Å². The topological polar surface area (TPSA) is 46.6 Å². The molecule has 0 bridgehead atoms. The molecule has 0 fully saturated rings. The number of aldehydes is 1. The monoisotopic (exact) mass is 289 g/mol. The van der Waals surface area contributed by atoms with Gasteiger partial charge < -0.3 is 14.4 Å². The first kappa shape index (κ1) is 15.5. The van der Waals surface area contributed by atoms with Crippen LogP contribution in [0.15, 0.2) is 24.3 Å². The minimum Gasteiger partial charge on any atom is -0.444 e. The van der Waals surface area contributed by atoms with Crippen LogP contribution < -0.4 is 0 Å². The number of carbonyl (C=O) groups excluding carboxylic acids is 2. The minimum absolute atomic E-state index is 0.0521. The molecule has 2 atom stereocenters. The maximum Gasteiger partial charge on any atom is 0.410 e. The van der Waals surface area contributed by atoms with Crippen molar-refractivity contribution in [2.45, 2.75) is 51.2 Å². The van der Waals surface area contributed by atoms with Crippen molar-refractivity contribution in [1.29, 1.82) is 0 Å². The maximum absolute atomic E-state index is 12.2.